The van der Waals surface area contributed by atoms with E-state index in [4.69, 9.17) is 16.3 Å². The molecule has 1 amide bonds. The van der Waals surface area contributed by atoms with E-state index in [1.54, 1.807) is 0 Å². The van der Waals surface area contributed by atoms with Crippen LogP contribution in [0.25, 0.3) is 0 Å². The Balaban J connectivity index is 2.70. The smallest absolute Gasteiger partial charge is 0.404 e. The number of hydrogen-bond donors (Lipinski definition) is 4. The van der Waals surface area contributed by atoms with Gasteiger partial charge < -0.3 is 15.6 Å². The molecule has 0 saturated carbocycles. The lowest BCUT2D eigenvalue weighted by molar-refractivity contribution is 0.00749. The van der Waals surface area contributed by atoms with E-state index in [1.165, 1.54) is 0 Å². The number of hydrazine groups is 1. The maximum absolute atomic E-state index is 10.8. The second-order valence-electron chi connectivity index (χ2n) is 3.78. The average Bonchev–Trinajstić information content (AvgIpc) is 2.31. The SMILES string of the molecule is NNCC(O)C(Cc1ccc(I)cc1)OC(N)=O. The van der Waals surface area contributed by atoms with Crippen LogP contribution in [-0.4, -0.2) is 30.0 Å². The zero-order chi connectivity index (χ0) is 13.5. The van der Waals surface area contributed by atoms with Crippen LogP contribution in [0.3, 0.4) is 0 Å². The number of carbonyl (C=O) groups is 1. The topological polar surface area (TPSA) is 111 Å². The molecule has 1 aromatic rings. The Morgan fingerprint density at radius 1 is 1.44 bits per heavy atom. The number of nitrogens with one attached hydrogen (secondary N) is 1. The van der Waals surface area contributed by atoms with E-state index < -0.39 is 18.3 Å². The highest BCUT2D eigenvalue weighted by atomic mass is 127. The van der Waals surface area contributed by atoms with Gasteiger partial charge in [0.05, 0.1) is 0 Å². The van der Waals surface area contributed by atoms with Crippen LogP contribution in [0.5, 0.6) is 0 Å². The lowest BCUT2D eigenvalue weighted by Gasteiger charge is -2.22. The molecule has 2 unspecified atom stereocenters. The molecule has 1 rings (SSSR count). The number of benzene rings is 1. The van der Waals surface area contributed by atoms with Gasteiger partial charge in [0, 0.05) is 16.5 Å². The van der Waals surface area contributed by atoms with E-state index in [1.807, 2.05) is 24.3 Å². The Hall–Kier alpha value is -0.900. The van der Waals surface area contributed by atoms with Crippen molar-refractivity contribution in [1.82, 2.24) is 5.43 Å². The van der Waals surface area contributed by atoms with E-state index in [-0.39, 0.29) is 6.54 Å². The van der Waals surface area contributed by atoms with Gasteiger partial charge in [-0.15, -0.1) is 0 Å². The zero-order valence-corrected chi connectivity index (χ0v) is 11.8. The molecule has 6 N–H and O–H groups in total. The molecular weight excluding hydrogens is 349 g/mol. The molecule has 0 aliphatic heterocycles. The van der Waals surface area contributed by atoms with Gasteiger partial charge >= 0.3 is 6.09 Å². The van der Waals surface area contributed by atoms with E-state index in [2.05, 4.69) is 28.0 Å². The summed E-state index contributed by atoms with van der Waals surface area (Å²) in [6.07, 6.45) is -2.18. The third-order valence-electron chi connectivity index (χ3n) is 2.37. The summed E-state index contributed by atoms with van der Waals surface area (Å²) in [5.74, 6) is 5.13. The fourth-order valence-corrected chi connectivity index (χ4v) is 1.87. The van der Waals surface area contributed by atoms with Crippen molar-refractivity contribution in [2.45, 2.75) is 18.6 Å². The molecule has 6 nitrogen and oxygen atoms in total. The summed E-state index contributed by atoms with van der Waals surface area (Å²) < 4.78 is 5.99. The van der Waals surface area contributed by atoms with E-state index in [0.717, 1.165) is 9.13 Å². The van der Waals surface area contributed by atoms with Crippen LogP contribution >= 0.6 is 22.6 Å². The minimum Gasteiger partial charge on any atom is -0.443 e. The summed E-state index contributed by atoms with van der Waals surface area (Å²) in [6.45, 7) is 0.113. The van der Waals surface area contributed by atoms with Crippen molar-refractivity contribution in [3.05, 3.63) is 33.4 Å². The lowest BCUT2D eigenvalue weighted by Crippen LogP contribution is -2.43. The first-order valence-corrected chi connectivity index (χ1v) is 6.43. The fourth-order valence-electron chi connectivity index (χ4n) is 1.51. The normalized spacial score (nSPS) is 13.9. The van der Waals surface area contributed by atoms with Crippen LogP contribution in [0.2, 0.25) is 0 Å². The largest absolute Gasteiger partial charge is 0.443 e. The van der Waals surface area contributed by atoms with Crippen LogP contribution in [0, 0.1) is 3.57 Å². The van der Waals surface area contributed by atoms with Crippen molar-refractivity contribution >= 4 is 28.7 Å². The zero-order valence-electron chi connectivity index (χ0n) is 9.67. The molecule has 7 heteroatoms. The Kier molecular flexibility index (Phi) is 6.33. The van der Waals surface area contributed by atoms with Gasteiger partial charge in [-0.2, -0.15) is 0 Å². The number of carbonyl (C=O) groups excluding carboxylic acids is 1. The minimum absolute atomic E-state index is 0.113. The monoisotopic (exact) mass is 365 g/mol. The quantitative estimate of drug-likeness (QED) is 0.325. The summed E-state index contributed by atoms with van der Waals surface area (Å²) in [5.41, 5.74) is 8.26. The van der Waals surface area contributed by atoms with E-state index >= 15 is 0 Å². The third-order valence-corrected chi connectivity index (χ3v) is 3.09. The molecule has 18 heavy (non-hydrogen) atoms. The predicted octanol–water partition coefficient (Wildman–Crippen LogP) is 0.122. The first kappa shape index (κ1) is 15.2. The van der Waals surface area contributed by atoms with Crippen molar-refractivity contribution in [2.75, 3.05) is 6.54 Å². The molecule has 1 aromatic carbocycles. The predicted molar refractivity (Wildman–Crippen MR) is 75.5 cm³/mol. The van der Waals surface area contributed by atoms with Gasteiger partial charge in [-0.25, -0.2) is 4.79 Å². The molecule has 0 heterocycles. The highest BCUT2D eigenvalue weighted by Gasteiger charge is 2.22. The molecule has 0 radical (unpaired) electrons. The fraction of sp³-hybridized carbons (Fsp3) is 0.364. The molecule has 2 atom stereocenters. The van der Waals surface area contributed by atoms with Crippen molar-refractivity contribution in [3.8, 4) is 0 Å². The van der Waals surface area contributed by atoms with Gasteiger partial charge in [0.2, 0.25) is 0 Å². The van der Waals surface area contributed by atoms with Crippen molar-refractivity contribution in [1.29, 1.82) is 0 Å². The van der Waals surface area contributed by atoms with Crippen LogP contribution in [0.15, 0.2) is 24.3 Å². The number of aliphatic hydroxyl groups excluding tert-OH is 1. The summed E-state index contributed by atoms with van der Waals surface area (Å²) in [4.78, 5) is 10.8. The second-order valence-corrected chi connectivity index (χ2v) is 5.03. The summed E-state index contributed by atoms with van der Waals surface area (Å²) >= 11 is 2.20. The third kappa shape index (κ3) is 5.17. The summed E-state index contributed by atoms with van der Waals surface area (Å²) in [6, 6.07) is 7.68. The number of hydrogen-bond acceptors (Lipinski definition) is 5. The highest BCUT2D eigenvalue weighted by Crippen LogP contribution is 2.12. The number of primary amides is 1. The molecule has 0 aromatic heterocycles. The Bertz CT molecular complexity index is 386. The van der Waals surface area contributed by atoms with Crippen molar-refractivity contribution in [2.24, 2.45) is 11.6 Å². The van der Waals surface area contributed by atoms with Crippen LogP contribution in [-0.2, 0) is 11.2 Å². The van der Waals surface area contributed by atoms with Crippen molar-refractivity contribution < 1.29 is 14.6 Å². The van der Waals surface area contributed by atoms with Gasteiger partial charge in [-0.3, -0.25) is 11.3 Å². The number of halogens is 1. The highest BCUT2D eigenvalue weighted by molar-refractivity contribution is 14.1. The van der Waals surface area contributed by atoms with E-state index in [0.29, 0.717) is 6.42 Å². The van der Waals surface area contributed by atoms with Crippen molar-refractivity contribution in [3.63, 3.8) is 0 Å². The lowest BCUT2D eigenvalue weighted by atomic mass is 10.0. The van der Waals surface area contributed by atoms with Gasteiger partial charge in [0.15, 0.2) is 0 Å². The summed E-state index contributed by atoms with van der Waals surface area (Å²) in [5, 5.41) is 9.80. The first-order valence-electron chi connectivity index (χ1n) is 5.35. The molecule has 0 fully saturated rings. The summed E-state index contributed by atoms with van der Waals surface area (Å²) in [7, 11) is 0. The number of ether oxygens (including phenoxy) is 1. The Morgan fingerprint density at radius 3 is 2.56 bits per heavy atom. The number of rotatable bonds is 6. The van der Waals surface area contributed by atoms with Crippen LogP contribution in [0.4, 0.5) is 4.79 Å². The molecule has 0 bridgehead atoms. The van der Waals surface area contributed by atoms with Crippen LogP contribution < -0.4 is 17.0 Å². The second kappa shape index (κ2) is 7.52. The molecule has 100 valence electrons. The standard InChI is InChI=1S/C11H16IN3O3/c12-8-3-1-7(2-4-8)5-10(18-11(13)17)9(16)6-15-14/h1-4,9-10,15-16H,5-6,14H2,(H2,13,17). The molecular formula is C11H16IN3O3. The first-order chi connectivity index (χ1) is 8.52. The minimum atomic E-state index is -0.915. The van der Waals surface area contributed by atoms with Crippen LogP contribution in [0.1, 0.15) is 5.56 Å². The number of nitrogens with two attached hydrogens (primary N) is 2. The molecule has 0 saturated heterocycles. The van der Waals surface area contributed by atoms with Gasteiger partial charge in [0.25, 0.3) is 0 Å². The Morgan fingerprint density at radius 2 is 2.06 bits per heavy atom. The van der Waals surface area contributed by atoms with Gasteiger partial charge in [0.1, 0.15) is 12.2 Å². The maximum Gasteiger partial charge on any atom is 0.404 e. The number of amides is 1. The molecule has 0 aliphatic rings. The average molecular weight is 365 g/mol. The number of aliphatic hydroxyl groups is 1. The Labute approximate surface area is 119 Å². The molecule has 0 spiro atoms. The maximum atomic E-state index is 10.8. The van der Waals surface area contributed by atoms with Gasteiger partial charge in [-0.1, -0.05) is 12.1 Å². The van der Waals surface area contributed by atoms with E-state index in [9.17, 15) is 9.90 Å². The molecule has 0 aliphatic carbocycles. The van der Waals surface area contributed by atoms with Gasteiger partial charge in [-0.05, 0) is 40.3 Å².